The van der Waals surface area contributed by atoms with Gasteiger partial charge in [0.05, 0.1) is 10.6 Å². The molecule has 3 nitrogen and oxygen atoms in total. The Balaban J connectivity index is 0.000000861. The number of para-hydroxylation sites is 1. The summed E-state index contributed by atoms with van der Waals surface area (Å²) in [7, 11) is 0. The number of benzene rings is 2. The Kier molecular flexibility index (Phi) is 6.25. The summed E-state index contributed by atoms with van der Waals surface area (Å²) in [5, 5.41) is 8.98. The van der Waals surface area contributed by atoms with E-state index in [1.54, 1.807) is 24.5 Å². The predicted octanol–water partition coefficient (Wildman–Crippen LogP) is 4.38. The smallest absolute Gasteiger partial charge is 0.337 e. The van der Waals surface area contributed by atoms with Crippen molar-refractivity contribution >= 4 is 30.2 Å². The molecule has 0 heterocycles. The first-order chi connectivity index (χ1) is 9.16. The first kappa shape index (κ1) is 15.4. The van der Waals surface area contributed by atoms with Crippen LogP contribution in [0, 0.1) is 0 Å². The van der Waals surface area contributed by atoms with E-state index in [4.69, 9.17) is 21.4 Å². The fourth-order valence-corrected chi connectivity index (χ4v) is 1.61. The van der Waals surface area contributed by atoms with Gasteiger partial charge in [-0.1, -0.05) is 29.8 Å². The Morgan fingerprint density at radius 1 is 1.11 bits per heavy atom. The maximum absolute atomic E-state index is 10.8. The number of rotatable bonds is 3. The van der Waals surface area contributed by atoms with E-state index in [0.717, 1.165) is 0 Å². The molecule has 0 aromatic heterocycles. The third kappa shape index (κ3) is 4.50. The molecule has 0 bridgehead atoms. The fourth-order valence-electron chi connectivity index (χ4n) is 1.36. The summed E-state index contributed by atoms with van der Waals surface area (Å²) < 4.78 is 5.52. The van der Waals surface area contributed by atoms with E-state index in [-0.39, 0.29) is 10.6 Å². The standard InChI is InChI=1S/C13H9ClO3.CH4S/c14-12-8-10(6-7-11(12)13(15)16)17-9-4-2-1-3-5-9;1-2/h1-8H,(H,15,16);2H,1H3. The minimum Gasteiger partial charge on any atom is -0.478 e. The molecule has 0 radical (unpaired) electrons. The molecule has 5 heteroatoms. The van der Waals surface area contributed by atoms with Gasteiger partial charge in [-0.2, -0.15) is 12.6 Å². The molecule has 0 amide bonds. The van der Waals surface area contributed by atoms with Crippen LogP contribution in [0.25, 0.3) is 0 Å². The van der Waals surface area contributed by atoms with E-state index in [2.05, 4.69) is 12.6 Å². The molecule has 19 heavy (non-hydrogen) atoms. The van der Waals surface area contributed by atoms with Crippen LogP contribution < -0.4 is 4.74 Å². The van der Waals surface area contributed by atoms with Crippen LogP contribution in [0.3, 0.4) is 0 Å². The van der Waals surface area contributed by atoms with E-state index < -0.39 is 5.97 Å². The van der Waals surface area contributed by atoms with Crippen molar-refractivity contribution in [1.29, 1.82) is 0 Å². The first-order valence-electron chi connectivity index (χ1n) is 5.37. The normalized spacial score (nSPS) is 9.21. The lowest BCUT2D eigenvalue weighted by Crippen LogP contribution is -1.97. The van der Waals surface area contributed by atoms with Crippen molar-refractivity contribution in [2.75, 3.05) is 6.26 Å². The van der Waals surface area contributed by atoms with Crippen LogP contribution in [0.15, 0.2) is 48.5 Å². The van der Waals surface area contributed by atoms with Crippen LogP contribution in [-0.4, -0.2) is 17.3 Å². The van der Waals surface area contributed by atoms with Crippen LogP contribution in [-0.2, 0) is 0 Å². The van der Waals surface area contributed by atoms with Crippen LogP contribution >= 0.6 is 24.2 Å². The zero-order valence-electron chi connectivity index (χ0n) is 10.2. The maximum Gasteiger partial charge on any atom is 0.337 e. The molecule has 0 aliphatic heterocycles. The van der Waals surface area contributed by atoms with E-state index in [9.17, 15) is 4.79 Å². The minimum atomic E-state index is -1.05. The molecular weight excluding hydrogens is 284 g/mol. The average molecular weight is 297 g/mol. The molecule has 100 valence electrons. The molecule has 0 spiro atoms. The van der Waals surface area contributed by atoms with Crippen LogP contribution in [0.5, 0.6) is 11.5 Å². The highest BCUT2D eigenvalue weighted by Crippen LogP contribution is 2.26. The minimum absolute atomic E-state index is 0.0621. The molecule has 0 unspecified atom stereocenters. The summed E-state index contributed by atoms with van der Waals surface area (Å²) in [6, 6.07) is 13.7. The molecule has 0 atom stereocenters. The second kappa shape index (κ2) is 7.71. The van der Waals surface area contributed by atoms with Gasteiger partial charge in [0.15, 0.2) is 0 Å². The number of hydrogen-bond donors (Lipinski definition) is 2. The number of aromatic carboxylic acids is 1. The van der Waals surface area contributed by atoms with Gasteiger partial charge in [0, 0.05) is 6.07 Å². The highest BCUT2D eigenvalue weighted by atomic mass is 35.5. The monoisotopic (exact) mass is 296 g/mol. The summed E-state index contributed by atoms with van der Waals surface area (Å²) >= 11 is 9.36. The first-order valence-corrected chi connectivity index (χ1v) is 6.64. The van der Waals surface area contributed by atoms with Crippen LogP contribution in [0.2, 0.25) is 5.02 Å². The second-order valence-corrected chi connectivity index (χ2v) is 3.77. The highest BCUT2D eigenvalue weighted by molar-refractivity contribution is 7.79. The Hall–Kier alpha value is -1.65. The number of thiol groups is 1. The lowest BCUT2D eigenvalue weighted by molar-refractivity contribution is 0.0697. The van der Waals surface area contributed by atoms with E-state index in [1.165, 1.54) is 12.1 Å². The van der Waals surface area contributed by atoms with Gasteiger partial charge in [-0.25, -0.2) is 4.79 Å². The third-order valence-corrected chi connectivity index (χ3v) is 2.46. The largest absolute Gasteiger partial charge is 0.478 e. The number of hydrogen-bond acceptors (Lipinski definition) is 3. The molecule has 0 fully saturated rings. The summed E-state index contributed by atoms with van der Waals surface area (Å²) in [5.41, 5.74) is 0.0621. The molecule has 1 N–H and O–H groups in total. The average Bonchev–Trinajstić information content (AvgIpc) is 2.42. The predicted molar refractivity (Wildman–Crippen MR) is 79.8 cm³/mol. The number of halogens is 1. The van der Waals surface area contributed by atoms with Gasteiger partial charge >= 0.3 is 5.97 Å². The van der Waals surface area contributed by atoms with Crippen molar-refractivity contribution in [3.63, 3.8) is 0 Å². The van der Waals surface area contributed by atoms with Gasteiger partial charge in [-0.3, -0.25) is 0 Å². The number of carboxylic acid groups (broad SMARTS) is 1. The molecular formula is C14H13ClO3S. The van der Waals surface area contributed by atoms with Gasteiger partial charge in [-0.05, 0) is 30.5 Å². The lowest BCUT2D eigenvalue weighted by Gasteiger charge is -2.06. The van der Waals surface area contributed by atoms with Crippen molar-refractivity contribution < 1.29 is 14.6 Å². The second-order valence-electron chi connectivity index (χ2n) is 3.36. The molecule has 0 saturated carbocycles. The molecule has 2 aromatic rings. The summed E-state index contributed by atoms with van der Waals surface area (Å²) in [6.45, 7) is 0. The quantitative estimate of drug-likeness (QED) is 0.827. The SMILES string of the molecule is CS.O=C(O)c1ccc(Oc2ccccc2)cc1Cl. The topological polar surface area (TPSA) is 46.5 Å². The van der Waals surface area contributed by atoms with Gasteiger partial charge in [0.2, 0.25) is 0 Å². The van der Waals surface area contributed by atoms with Gasteiger partial charge in [0.25, 0.3) is 0 Å². The van der Waals surface area contributed by atoms with Crippen LogP contribution in [0.1, 0.15) is 10.4 Å². The highest BCUT2D eigenvalue weighted by Gasteiger charge is 2.09. The maximum atomic E-state index is 10.8. The molecule has 0 saturated heterocycles. The Labute approximate surface area is 122 Å². The molecule has 2 rings (SSSR count). The third-order valence-electron chi connectivity index (χ3n) is 2.15. The van der Waals surface area contributed by atoms with Crippen molar-refractivity contribution in [2.45, 2.75) is 0 Å². The Morgan fingerprint density at radius 2 is 1.74 bits per heavy atom. The van der Waals surface area contributed by atoms with E-state index in [0.29, 0.717) is 11.5 Å². The van der Waals surface area contributed by atoms with E-state index in [1.807, 2.05) is 18.2 Å². The van der Waals surface area contributed by atoms with Crippen molar-refractivity contribution in [1.82, 2.24) is 0 Å². The molecule has 0 aliphatic carbocycles. The van der Waals surface area contributed by atoms with Crippen molar-refractivity contribution in [2.24, 2.45) is 0 Å². The van der Waals surface area contributed by atoms with Crippen LogP contribution in [0.4, 0.5) is 0 Å². The Morgan fingerprint density at radius 3 is 2.26 bits per heavy atom. The zero-order chi connectivity index (χ0) is 14.3. The Bertz CT molecular complexity index is 544. The molecule has 0 aliphatic rings. The summed E-state index contributed by atoms with van der Waals surface area (Å²) in [5.74, 6) is 0.124. The number of carbonyl (C=O) groups is 1. The summed E-state index contributed by atoms with van der Waals surface area (Å²) in [6.07, 6.45) is 1.69. The van der Waals surface area contributed by atoms with Gasteiger partial charge in [0.1, 0.15) is 11.5 Å². The summed E-state index contributed by atoms with van der Waals surface area (Å²) in [4.78, 5) is 10.8. The van der Waals surface area contributed by atoms with E-state index >= 15 is 0 Å². The zero-order valence-corrected chi connectivity index (χ0v) is 11.9. The fraction of sp³-hybridized carbons (Fsp3) is 0.0714. The van der Waals surface area contributed by atoms with Crippen molar-refractivity contribution in [3.8, 4) is 11.5 Å². The van der Waals surface area contributed by atoms with Gasteiger partial charge < -0.3 is 9.84 Å². The number of carboxylic acids is 1. The van der Waals surface area contributed by atoms with Crippen molar-refractivity contribution in [3.05, 3.63) is 59.1 Å². The lowest BCUT2D eigenvalue weighted by atomic mass is 10.2. The number of ether oxygens (including phenoxy) is 1. The molecule has 2 aromatic carbocycles. The van der Waals surface area contributed by atoms with Gasteiger partial charge in [-0.15, -0.1) is 0 Å².